The minimum Gasteiger partial charge on any atom is -0.417 e. The van der Waals surface area contributed by atoms with Crippen molar-refractivity contribution in [2.75, 3.05) is 5.32 Å². The summed E-state index contributed by atoms with van der Waals surface area (Å²) >= 11 is 0. The summed E-state index contributed by atoms with van der Waals surface area (Å²) in [5, 5.41) is 11.0. The zero-order chi connectivity index (χ0) is 24.2. The van der Waals surface area contributed by atoms with E-state index in [1.165, 1.54) is 22.8 Å². The predicted octanol–water partition coefficient (Wildman–Crippen LogP) is 3.34. The van der Waals surface area contributed by atoms with Crippen LogP contribution in [-0.2, 0) is 17.3 Å². The van der Waals surface area contributed by atoms with Crippen LogP contribution in [0.4, 0.5) is 18.9 Å². The number of halogens is 3. The number of alkyl halides is 2. The first-order valence-corrected chi connectivity index (χ1v) is 10.4. The number of anilines is 1. The lowest BCUT2D eigenvalue weighted by atomic mass is 9.80. The molecule has 0 saturated heterocycles. The Morgan fingerprint density at radius 3 is 2.74 bits per heavy atom. The minimum atomic E-state index is -3.00. The van der Waals surface area contributed by atoms with Gasteiger partial charge in [0.25, 0.3) is 0 Å². The maximum atomic E-state index is 14.0. The number of rotatable bonds is 5. The molecule has 4 aromatic rings. The number of carbonyl (C=O) groups is 1. The maximum Gasteiger partial charge on any atom is 0.388 e. The number of amides is 1. The van der Waals surface area contributed by atoms with Crippen molar-refractivity contribution in [3.05, 3.63) is 65.3 Å². The summed E-state index contributed by atoms with van der Waals surface area (Å²) < 4.78 is 46.5. The second-order valence-electron chi connectivity index (χ2n) is 8.50. The number of aryl methyl sites for hydroxylation is 2. The van der Waals surface area contributed by atoms with E-state index in [9.17, 15) is 18.0 Å². The summed E-state index contributed by atoms with van der Waals surface area (Å²) in [5.74, 6) is -1.86. The molecule has 0 aliphatic heterocycles. The second-order valence-corrected chi connectivity index (χ2v) is 8.50. The van der Waals surface area contributed by atoms with Crippen LogP contribution in [0.5, 0.6) is 5.88 Å². The molecule has 0 aromatic carbocycles. The van der Waals surface area contributed by atoms with Gasteiger partial charge in [0.2, 0.25) is 17.7 Å². The molecule has 4 aromatic heterocycles. The molecular weight excluding hydrogens is 451 g/mol. The Kier molecular flexibility index (Phi) is 5.03. The first-order chi connectivity index (χ1) is 16.2. The van der Waals surface area contributed by atoms with Crippen LogP contribution < -0.4 is 10.1 Å². The van der Waals surface area contributed by atoms with E-state index in [1.807, 2.05) is 13.1 Å². The monoisotopic (exact) mass is 471 g/mol. The van der Waals surface area contributed by atoms with Gasteiger partial charge in [-0.3, -0.25) is 9.48 Å². The molecule has 1 aliphatic carbocycles. The van der Waals surface area contributed by atoms with Crippen LogP contribution in [0.1, 0.15) is 41.6 Å². The highest BCUT2D eigenvalue weighted by Gasteiger charge is 2.47. The molecule has 9 nitrogen and oxygen atoms in total. The number of hydrogen-bond donors (Lipinski definition) is 1. The molecule has 176 valence electrons. The van der Waals surface area contributed by atoms with Crippen LogP contribution >= 0.6 is 0 Å². The molecule has 4 heterocycles. The molecule has 0 bridgehead atoms. The van der Waals surface area contributed by atoms with Crippen LogP contribution in [0.15, 0.2) is 36.9 Å². The Hall–Kier alpha value is -3.96. The molecule has 1 N–H and O–H groups in total. The SMILES string of the molecule is Cc1cc(NC(=O)[C@H]2C[C@@](C)(c3cnn(C)c3)c3c2cnc2cc(F)nn32)cnc1OC(F)F. The summed E-state index contributed by atoms with van der Waals surface area (Å²) in [6, 6.07) is 2.73. The van der Waals surface area contributed by atoms with E-state index >= 15 is 0 Å². The fourth-order valence-corrected chi connectivity index (χ4v) is 4.60. The minimum absolute atomic E-state index is 0.212. The van der Waals surface area contributed by atoms with Crippen molar-refractivity contribution in [1.29, 1.82) is 0 Å². The number of ether oxygens (including phenoxy) is 1. The van der Waals surface area contributed by atoms with Crippen molar-refractivity contribution in [1.82, 2.24) is 29.4 Å². The maximum absolute atomic E-state index is 14.0. The van der Waals surface area contributed by atoms with E-state index in [2.05, 4.69) is 30.2 Å². The van der Waals surface area contributed by atoms with Gasteiger partial charge in [-0.2, -0.15) is 18.3 Å². The first-order valence-electron chi connectivity index (χ1n) is 10.4. The third-order valence-corrected chi connectivity index (χ3v) is 6.15. The molecule has 0 unspecified atom stereocenters. The van der Waals surface area contributed by atoms with Crippen molar-refractivity contribution < 1.29 is 22.7 Å². The fourth-order valence-electron chi connectivity index (χ4n) is 4.60. The highest BCUT2D eigenvalue weighted by atomic mass is 19.3. The van der Waals surface area contributed by atoms with Crippen LogP contribution in [0, 0.1) is 12.9 Å². The van der Waals surface area contributed by atoms with E-state index in [4.69, 9.17) is 0 Å². The van der Waals surface area contributed by atoms with Crippen molar-refractivity contribution in [3.63, 3.8) is 0 Å². The van der Waals surface area contributed by atoms with Gasteiger partial charge in [0.1, 0.15) is 0 Å². The number of nitrogens with one attached hydrogen (secondary N) is 1. The van der Waals surface area contributed by atoms with Gasteiger partial charge in [-0.15, -0.1) is 5.10 Å². The quantitative estimate of drug-likeness (QED) is 0.479. The van der Waals surface area contributed by atoms with Gasteiger partial charge >= 0.3 is 6.61 Å². The smallest absolute Gasteiger partial charge is 0.388 e. The molecule has 0 saturated carbocycles. The normalized spacial score (nSPS) is 19.6. The molecule has 1 amide bonds. The standard InChI is InChI=1S/C22H20F3N7O2/c1-11-4-13(8-27-20(11)34-21(24)25)29-19(33)14-6-22(2,12-7-28-31(3)10-12)18-15(14)9-26-17-5-16(23)30-32(17)18/h4-5,7-10,14,21H,6H2,1-3H3,(H,29,33)/t14-,22-/m0/s1. The van der Waals surface area contributed by atoms with E-state index < -0.39 is 23.9 Å². The van der Waals surface area contributed by atoms with Crippen molar-refractivity contribution in [2.24, 2.45) is 7.05 Å². The molecule has 0 spiro atoms. The summed E-state index contributed by atoms with van der Waals surface area (Å²) in [7, 11) is 1.79. The lowest BCUT2D eigenvalue weighted by molar-refractivity contribution is -0.117. The average molecular weight is 471 g/mol. The molecule has 2 atom stereocenters. The number of nitrogens with zero attached hydrogens (tertiary/aromatic N) is 6. The molecular formula is C22H20F3N7O2. The Morgan fingerprint density at radius 1 is 1.26 bits per heavy atom. The number of pyridine rings is 1. The van der Waals surface area contributed by atoms with Crippen LogP contribution in [-0.4, -0.2) is 41.9 Å². The highest BCUT2D eigenvalue weighted by molar-refractivity contribution is 5.97. The highest BCUT2D eigenvalue weighted by Crippen LogP contribution is 2.49. The lowest BCUT2D eigenvalue weighted by Gasteiger charge is -2.24. The van der Waals surface area contributed by atoms with Gasteiger partial charge < -0.3 is 10.1 Å². The van der Waals surface area contributed by atoms with Crippen molar-refractivity contribution >= 4 is 17.2 Å². The number of aromatic nitrogens is 6. The Balaban J connectivity index is 1.53. The lowest BCUT2D eigenvalue weighted by Crippen LogP contribution is -2.25. The van der Waals surface area contributed by atoms with E-state index in [0.29, 0.717) is 34.6 Å². The zero-order valence-electron chi connectivity index (χ0n) is 18.5. The van der Waals surface area contributed by atoms with E-state index in [-0.39, 0.29) is 11.8 Å². The van der Waals surface area contributed by atoms with Gasteiger partial charge in [0, 0.05) is 47.6 Å². The van der Waals surface area contributed by atoms with E-state index in [1.54, 1.807) is 31.0 Å². The Labute approximate surface area is 191 Å². The number of hydrogen-bond acceptors (Lipinski definition) is 6. The third kappa shape index (κ3) is 3.55. The second kappa shape index (κ2) is 7.82. The topological polar surface area (TPSA) is 99.2 Å². The van der Waals surface area contributed by atoms with Gasteiger partial charge in [0.15, 0.2) is 5.65 Å². The molecule has 1 aliphatic rings. The largest absolute Gasteiger partial charge is 0.417 e. The van der Waals surface area contributed by atoms with Crippen LogP contribution in [0.3, 0.4) is 0 Å². The van der Waals surface area contributed by atoms with Gasteiger partial charge in [-0.05, 0) is 26.3 Å². The molecule has 12 heteroatoms. The summed E-state index contributed by atoms with van der Waals surface area (Å²) in [5.41, 5.74) is 2.43. The molecule has 0 fully saturated rings. The first kappa shape index (κ1) is 21.9. The summed E-state index contributed by atoms with van der Waals surface area (Å²) in [6.45, 7) is 0.512. The molecule has 0 radical (unpaired) electrons. The van der Waals surface area contributed by atoms with Crippen molar-refractivity contribution in [2.45, 2.75) is 38.2 Å². The third-order valence-electron chi connectivity index (χ3n) is 6.15. The van der Waals surface area contributed by atoms with E-state index in [0.717, 1.165) is 5.56 Å². The van der Waals surface area contributed by atoms with Gasteiger partial charge in [-0.1, -0.05) is 0 Å². The number of carbonyl (C=O) groups excluding carboxylic acids is 1. The Bertz CT molecular complexity index is 1420. The van der Waals surface area contributed by atoms with Crippen LogP contribution in [0.25, 0.3) is 5.65 Å². The fraction of sp³-hybridized carbons (Fsp3) is 0.318. The molecule has 34 heavy (non-hydrogen) atoms. The molecule has 5 rings (SSSR count). The summed E-state index contributed by atoms with van der Waals surface area (Å²) in [4.78, 5) is 21.5. The Morgan fingerprint density at radius 2 is 2.06 bits per heavy atom. The van der Waals surface area contributed by atoms with Gasteiger partial charge in [-0.25, -0.2) is 14.5 Å². The van der Waals surface area contributed by atoms with Crippen LogP contribution in [0.2, 0.25) is 0 Å². The van der Waals surface area contributed by atoms with Gasteiger partial charge in [0.05, 0.1) is 29.7 Å². The van der Waals surface area contributed by atoms with Crippen molar-refractivity contribution in [3.8, 4) is 5.88 Å². The average Bonchev–Trinajstić information content (AvgIpc) is 3.45. The number of fused-ring (bicyclic) bond motifs is 3. The predicted molar refractivity (Wildman–Crippen MR) is 114 cm³/mol. The summed E-state index contributed by atoms with van der Waals surface area (Å²) in [6.07, 6.45) is 6.75. The zero-order valence-corrected chi connectivity index (χ0v) is 18.5.